The smallest absolute Gasteiger partial charge is 0.356 e. The number of benzene rings is 1. The molecule has 0 bridgehead atoms. The van der Waals surface area contributed by atoms with Gasteiger partial charge in [0.15, 0.2) is 5.69 Å². The van der Waals surface area contributed by atoms with Crippen LogP contribution in [-0.2, 0) is 6.42 Å². The van der Waals surface area contributed by atoms with Gasteiger partial charge in [-0.15, -0.1) is 0 Å². The summed E-state index contributed by atoms with van der Waals surface area (Å²) in [4.78, 5) is 21.0. The number of halogens is 1. The monoisotopic (exact) mass is 295 g/mol. The van der Waals surface area contributed by atoms with Crippen LogP contribution in [0.2, 0.25) is 0 Å². The average molecular weight is 295 g/mol. The van der Waals surface area contributed by atoms with Gasteiger partial charge >= 0.3 is 5.97 Å². The first-order chi connectivity index (χ1) is 9.92. The molecule has 110 valence electrons. The second-order valence-electron chi connectivity index (χ2n) is 4.15. The van der Waals surface area contributed by atoms with Gasteiger partial charge in [-0.2, -0.15) is 5.10 Å². The van der Waals surface area contributed by atoms with Gasteiger partial charge in [-0.3, -0.25) is 10.1 Å². The Labute approximate surface area is 117 Å². The summed E-state index contributed by atoms with van der Waals surface area (Å²) in [6.45, 7) is -0.282. The fourth-order valence-corrected chi connectivity index (χ4v) is 1.82. The van der Waals surface area contributed by atoms with Gasteiger partial charge in [0.05, 0.1) is 16.7 Å². The van der Waals surface area contributed by atoms with E-state index >= 15 is 0 Å². The van der Waals surface area contributed by atoms with Gasteiger partial charge in [-0.1, -0.05) is 0 Å². The van der Waals surface area contributed by atoms with Crippen molar-refractivity contribution < 1.29 is 24.3 Å². The van der Waals surface area contributed by atoms with E-state index in [4.69, 9.17) is 10.2 Å². The van der Waals surface area contributed by atoms with Gasteiger partial charge in [0.1, 0.15) is 5.82 Å². The summed E-state index contributed by atoms with van der Waals surface area (Å²) < 4.78 is 14.4. The quantitative estimate of drug-likeness (QED) is 0.631. The van der Waals surface area contributed by atoms with Crippen molar-refractivity contribution in [3.05, 3.63) is 51.6 Å². The lowest BCUT2D eigenvalue weighted by Gasteiger charge is -2.01. The van der Waals surface area contributed by atoms with Crippen molar-refractivity contribution in [2.75, 3.05) is 6.61 Å². The summed E-state index contributed by atoms with van der Waals surface area (Å²) in [5.74, 6) is -2.14. The maximum Gasteiger partial charge on any atom is 0.356 e. The van der Waals surface area contributed by atoms with Gasteiger partial charge in [-0.25, -0.2) is 13.9 Å². The molecule has 2 N–H and O–H groups in total. The van der Waals surface area contributed by atoms with E-state index in [1.165, 1.54) is 6.20 Å². The molecule has 0 spiro atoms. The zero-order chi connectivity index (χ0) is 15.6. The molecule has 1 aromatic heterocycles. The van der Waals surface area contributed by atoms with Gasteiger partial charge in [-0.05, 0) is 6.42 Å². The minimum Gasteiger partial charge on any atom is -0.476 e. The van der Waals surface area contributed by atoms with Crippen LogP contribution in [0, 0.1) is 15.9 Å². The van der Waals surface area contributed by atoms with E-state index in [1.54, 1.807) is 0 Å². The number of carboxylic acids is 1. The van der Waals surface area contributed by atoms with Crippen molar-refractivity contribution >= 4 is 11.7 Å². The molecule has 21 heavy (non-hydrogen) atoms. The molecular weight excluding hydrogens is 285 g/mol. The average Bonchev–Trinajstić information content (AvgIpc) is 2.82. The fraction of sp³-hybridized carbons (Fsp3) is 0.167. The third kappa shape index (κ3) is 3.03. The topological polar surface area (TPSA) is 118 Å². The van der Waals surface area contributed by atoms with Crippen molar-refractivity contribution in [3.63, 3.8) is 0 Å². The number of hydrogen-bond acceptors (Lipinski definition) is 5. The number of non-ortho nitro benzene ring substituents is 1. The third-order valence-corrected chi connectivity index (χ3v) is 2.72. The fourth-order valence-electron chi connectivity index (χ4n) is 1.82. The highest BCUT2D eigenvalue weighted by atomic mass is 19.1. The van der Waals surface area contributed by atoms with Crippen LogP contribution in [0.1, 0.15) is 16.1 Å². The van der Waals surface area contributed by atoms with Crippen LogP contribution < -0.4 is 0 Å². The van der Waals surface area contributed by atoms with Crippen LogP contribution >= 0.6 is 0 Å². The highest BCUT2D eigenvalue weighted by molar-refractivity contribution is 5.87. The van der Waals surface area contributed by atoms with Crippen LogP contribution in [0.15, 0.2) is 24.4 Å². The van der Waals surface area contributed by atoms with Crippen LogP contribution in [0.25, 0.3) is 5.69 Å². The SMILES string of the molecule is O=C(O)c1nn(-c2cc(F)cc([N+](=O)[O-])c2)cc1CCO. The van der Waals surface area contributed by atoms with Crippen molar-refractivity contribution in [2.24, 2.45) is 0 Å². The Kier molecular flexibility index (Phi) is 3.94. The molecule has 0 saturated heterocycles. The van der Waals surface area contributed by atoms with Crippen LogP contribution in [0.5, 0.6) is 0 Å². The molecule has 0 amide bonds. The Balaban J connectivity index is 2.54. The lowest BCUT2D eigenvalue weighted by atomic mass is 10.2. The number of nitro groups is 1. The largest absolute Gasteiger partial charge is 0.476 e. The van der Waals surface area contributed by atoms with E-state index in [9.17, 15) is 19.3 Å². The van der Waals surface area contributed by atoms with Gasteiger partial charge < -0.3 is 10.2 Å². The maximum atomic E-state index is 13.4. The number of carbonyl (C=O) groups is 1. The number of aromatic carboxylic acids is 1. The predicted octanol–water partition coefficient (Wildman–Crippen LogP) is 1.15. The molecule has 0 fully saturated rings. The summed E-state index contributed by atoms with van der Waals surface area (Å²) in [6, 6.07) is 2.82. The first-order valence-corrected chi connectivity index (χ1v) is 5.80. The predicted molar refractivity (Wildman–Crippen MR) is 67.9 cm³/mol. The normalized spacial score (nSPS) is 10.6. The zero-order valence-electron chi connectivity index (χ0n) is 10.6. The summed E-state index contributed by atoms with van der Waals surface area (Å²) in [7, 11) is 0. The van der Waals surface area contributed by atoms with E-state index in [-0.39, 0.29) is 30.0 Å². The number of hydrogen-bond donors (Lipinski definition) is 2. The molecule has 0 atom stereocenters. The maximum absolute atomic E-state index is 13.4. The Morgan fingerprint density at radius 2 is 2.14 bits per heavy atom. The minimum absolute atomic E-state index is 0.0217. The van der Waals surface area contributed by atoms with Crippen LogP contribution in [0.4, 0.5) is 10.1 Å². The summed E-state index contributed by atoms with van der Waals surface area (Å²) >= 11 is 0. The number of nitro benzene ring substituents is 1. The Bertz CT molecular complexity index is 713. The number of aliphatic hydroxyl groups excluding tert-OH is 1. The number of rotatable bonds is 5. The lowest BCUT2D eigenvalue weighted by molar-refractivity contribution is -0.385. The Hall–Kier alpha value is -2.81. The molecule has 0 aliphatic rings. The molecular formula is C12H10FN3O5. The molecule has 1 heterocycles. The van der Waals surface area contributed by atoms with Crippen molar-refractivity contribution in [1.82, 2.24) is 9.78 Å². The van der Waals surface area contributed by atoms with Crippen LogP contribution in [-0.4, -0.2) is 37.5 Å². The molecule has 8 nitrogen and oxygen atoms in total. The van der Waals surface area contributed by atoms with Crippen LogP contribution in [0.3, 0.4) is 0 Å². The standard InChI is InChI=1S/C12H10FN3O5/c13-8-3-9(5-10(4-8)16(20)21)15-6-7(1-2-17)11(14-15)12(18)19/h3-6,17H,1-2H2,(H,18,19). The molecule has 1 aromatic carbocycles. The summed E-state index contributed by atoms with van der Waals surface area (Å²) in [5, 5.41) is 32.4. The second-order valence-corrected chi connectivity index (χ2v) is 4.15. The zero-order valence-corrected chi connectivity index (χ0v) is 10.6. The molecule has 2 aromatic rings. The molecule has 0 aliphatic carbocycles. The van der Waals surface area contributed by atoms with E-state index in [0.717, 1.165) is 22.9 Å². The molecule has 9 heteroatoms. The molecule has 2 rings (SSSR count). The van der Waals surface area contributed by atoms with E-state index in [2.05, 4.69) is 5.10 Å². The van der Waals surface area contributed by atoms with Gasteiger partial charge in [0.2, 0.25) is 0 Å². The van der Waals surface area contributed by atoms with E-state index in [0.29, 0.717) is 0 Å². The molecule has 0 aliphatic heterocycles. The molecule has 0 saturated carbocycles. The number of nitrogens with zero attached hydrogens (tertiary/aromatic N) is 3. The number of aromatic nitrogens is 2. The number of aliphatic hydroxyl groups is 1. The Morgan fingerprint density at radius 3 is 2.71 bits per heavy atom. The first kappa shape index (κ1) is 14.6. The highest BCUT2D eigenvalue weighted by Gasteiger charge is 2.18. The molecule has 0 unspecified atom stereocenters. The summed E-state index contributed by atoms with van der Waals surface area (Å²) in [5.41, 5.74) is -0.498. The third-order valence-electron chi connectivity index (χ3n) is 2.72. The molecule has 0 radical (unpaired) electrons. The first-order valence-electron chi connectivity index (χ1n) is 5.80. The van der Waals surface area contributed by atoms with Crippen molar-refractivity contribution in [2.45, 2.75) is 6.42 Å². The van der Waals surface area contributed by atoms with Crippen molar-refractivity contribution in [3.8, 4) is 5.69 Å². The highest BCUT2D eigenvalue weighted by Crippen LogP contribution is 2.20. The van der Waals surface area contributed by atoms with Gasteiger partial charge in [0, 0.05) is 30.5 Å². The van der Waals surface area contributed by atoms with E-state index in [1.807, 2.05) is 0 Å². The second kappa shape index (κ2) is 5.67. The van der Waals surface area contributed by atoms with E-state index < -0.39 is 22.4 Å². The lowest BCUT2D eigenvalue weighted by Crippen LogP contribution is -2.04. The number of carboxylic acid groups (broad SMARTS) is 1. The summed E-state index contributed by atoms with van der Waals surface area (Å²) in [6.07, 6.45) is 1.34. The minimum atomic E-state index is -1.30. The Morgan fingerprint density at radius 1 is 1.43 bits per heavy atom. The van der Waals surface area contributed by atoms with Crippen molar-refractivity contribution in [1.29, 1.82) is 0 Å². The van der Waals surface area contributed by atoms with Gasteiger partial charge in [0.25, 0.3) is 5.69 Å².